The smallest absolute Gasteiger partial charge is 0.251 e. The number of carbonyl (C=O) groups is 2. The van der Waals surface area contributed by atoms with E-state index in [4.69, 9.17) is 0 Å². The maximum Gasteiger partial charge on any atom is 0.251 e. The monoisotopic (exact) mass is 379 g/mol. The molecule has 0 atom stereocenters. The highest BCUT2D eigenvalue weighted by molar-refractivity contribution is 7.89. The van der Waals surface area contributed by atoms with Gasteiger partial charge in [-0.05, 0) is 43.0 Å². The lowest BCUT2D eigenvalue weighted by atomic mass is 10.0. The predicted molar refractivity (Wildman–Crippen MR) is 99.1 cm³/mol. The third-order valence-corrected chi connectivity index (χ3v) is 6.31. The zero-order valence-corrected chi connectivity index (χ0v) is 15.9. The lowest BCUT2D eigenvalue weighted by Crippen LogP contribution is -2.37. The number of nitrogens with one attached hydrogen (secondary N) is 2. The van der Waals surface area contributed by atoms with Crippen molar-refractivity contribution in [1.29, 1.82) is 0 Å². The van der Waals surface area contributed by atoms with Crippen LogP contribution in [-0.4, -0.2) is 51.2 Å². The topological polar surface area (TPSA) is 95.6 Å². The van der Waals surface area contributed by atoms with Gasteiger partial charge in [0.05, 0.1) is 4.90 Å². The Morgan fingerprint density at radius 2 is 1.81 bits per heavy atom. The number of hydrogen-bond acceptors (Lipinski definition) is 4. The Balaban J connectivity index is 1.97. The highest BCUT2D eigenvalue weighted by Gasteiger charge is 2.28. The maximum atomic E-state index is 12.7. The van der Waals surface area contributed by atoms with Gasteiger partial charge in [-0.15, -0.1) is 0 Å². The van der Waals surface area contributed by atoms with Gasteiger partial charge in [0.25, 0.3) is 5.91 Å². The molecule has 1 aliphatic rings. The van der Waals surface area contributed by atoms with E-state index in [1.54, 1.807) is 0 Å². The second-order valence-electron chi connectivity index (χ2n) is 6.34. The van der Waals surface area contributed by atoms with Crippen molar-refractivity contribution in [2.45, 2.75) is 24.7 Å². The van der Waals surface area contributed by atoms with Gasteiger partial charge in [-0.1, -0.05) is 13.0 Å². The van der Waals surface area contributed by atoms with Crippen LogP contribution in [0.3, 0.4) is 0 Å². The molecule has 26 heavy (non-hydrogen) atoms. The second-order valence-corrected chi connectivity index (χ2v) is 8.28. The van der Waals surface area contributed by atoms with Crippen LogP contribution in [0.4, 0.5) is 0 Å². The summed E-state index contributed by atoms with van der Waals surface area (Å²) in [5.41, 5.74) is 0.365. The summed E-state index contributed by atoms with van der Waals surface area (Å²) in [5, 5.41) is 5.07. The molecule has 0 radical (unpaired) electrons. The van der Waals surface area contributed by atoms with Crippen LogP contribution in [0, 0.1) is 5.92 Å². The molecule has 0 saturated carbocycles. The fraction of sp³-hybridized carbons (Fsp3) is 0.444. The SMILES string of the molecule is CNC(=O)/C=C/CNC(=O)c1ccc(S(=O)(=O)N2CCC(C)CC2)cc1. The van der Waals surface area contributed by atoms with Gasteiger partial charge in [0.1, 0.15) is 0 Å². The van der Waals surface area contributed by atoms with Crippen LogP contribution in [0.5, 0.6) is 0 Å². The molecule has 1 aliphatic heterocycles. The number of nitrogens with zero attached hydrogens (tertiary/aromatic N) is 1. The van der Waals surface area contributed by atoms with Gasteiger partial charge in [0.15, 0.2) is 0 Å². The van der Waals surface area contributed by atoms with E-state index in [0.717, 1.165) is 12.8 Å². The number of carbonyl (C=O) groups excluding carboxylic acids is 2. The Labute approximate surface area is 154 Å². The number of amides is 2. The highest BCUT2D eigenvalue weighted by Crippen LogP contribution is 2.23. The molecule has 142 valence electrons. The van der Waals surface area contributed by atoms with E-state index in [9.17, 15) is 18.0 Å². The number of piperidine rings is 1. The molecule has 8 heteroatoms. The lowest BCUT2D eigenvalue weighted by Gasteiger charge is -2.29. The summed E-state index contributed by atoms with van der Waals surface area (Å²) in [6.45, 7) is 3.40. The Bertz CT molecular complexity index is 764. The molecule has 0 bridgehead atoms. The van der Waals surface area contributed by atoms with E-state index >= 15 is 0 Å². The van der Waals surface area contributed by atoms with Gasteiger partial charge >= 0.3 is 0 Å². The molecular formula is C18H25N3O4S. The number of sulfonamides is 1. The summed E-state index contributed by atoms with van der Waals surface area (Å²) >= 11 is 0. The molecule has 2 N–H and O–H groups in total. The van der Waals surface area contributed by atoms with Crippen molar-refractivity contribution >= 4 is 21.8 Å². The van der Waals surface area contributed by atoms with Gasteiger partial charge in [0, 0.05) is 38.3 Å². The van der Waals surface area contributed by atoms with Crippen LogP contribution in [0.25, 0.3) is 0 Å². The minimum Gasteiger partial charge on any atom is -0.356 e. The van der Waals surface area contributed by atoms with E-state index in [1.807, 2.05) is 0 Å². The van der Waals surface area contributed by atoms with Crippen molar-refractivity contribution in [2.24, 2.45) is 5.92 Å². The molecule has 0 unspecified atom stereocenters. The fourth-order valence-corrected chi connectivity index (χ4v) is 4.13. The van der Waals surface area contributed by atoms with Crippen molar-refractivity contribution in [2.75, 3.05) is 26.7 Å². The largest absolute Gasteiger partial charge is 0.356 e. The molecule has 2 rings (SSSR count). The van der Waals surface area contributed by atoms with E-state index in [1.165, 1.54) is 47.8 Å². The number of likely N-dealkylation sites (N-methyl/N-ethyl adjacent to an activating group) is 1. The quantitative estimate of drug-likeness (QED) is 0.725. The maximum absolute atomic E-state index is 12.7. The van der Waals surface area contributed by atoms with E-state index in [0.29, 0.717) is 24.6 Å². The molecule has 0 spiro atoms. The summed E-state index contributed by atoms with van der Waals surface area (Å²) in [5.74, 6) is -0.0341. The van der Waals surface area contributed by atoms with Crippen LogP contribution in [-0.2, 0) is 14.8 Å². The Morgan fingerprint density at radius 3 is 2.38 bits per heavy atom. The van der Waals surface area contributed by atoms with Crippen molar-refractivity contribution in [3.8, 4) is 0 Å². The van der Waals surface area contributed by atoms with Gasteiger partial charge in [0.2, 0.25) is 15.9 Å². The standard InChI is InChI=1S/C18H25N3O4S/c1-14-9-12-21(13-10-14)26(24,25)16-7-5-15(6-8-16)18(23)20-11-3-4-17(22)19-2/h3-8,14H,9-13H2,1-2H3,(H,19,22)(H,20,23)/b4-3+. The van der Waals surface area contributed by atoms with Gasteiger partial charge < -0.3 is 10.6 Å². The zero-order valence-electron chi connectivity index (χ0n) is 15.1. The normalized spacial score (nSPS) is 16.5. The molecule has 1 fully saturated rings. The third-order valence-electron chi connectivity index (χ3n) is 4.39. The first-order valence-corrected chi connectivity index (χ1v) is 10.0. The molecule has 1 saturated heterocycles. The zero-order chi connectivity index (χ0) is 19.2. The van der Waals surface area contributed by atoms with Crippen LogP contribution in [0.1, 0.15) is 30.1 Å². The lowest BCUT2D eigenvalue weighted by molar-refractivity contribution is -0.116. The number of hydrogen-bond donors (Lipinski definition) is 2. The summed E-state index contributed by atoms with van der Waals surface area (Å²) in [6, 6.07) is 5.92. The molecule has 0 aromatic heterocycles. The predicted octanol–water partition coefficient (Wildman–Crippen LogP) is 1.14. The average Bonchev–Trinajstić information content (AvgIpc) is 2.65. The first-order chi connectivity index (χ1) is 12.3. The molecule has 0 aliphatic carbocycles. The minimum atomic E-state index is -3.52. The molecular weight excluding hydrogens is 354 g/mol. The molecule has 7 nitrogen and oxygen atoms in total. The number of benzene rings is 1. The fourth-order valence-electron chi connectivity index (χ4n) is 2.66. The van der Waals surface area contributed by atoms with Crippen molar-refractivity contribution in [3.63, 3.8) is 0 Å². The summed E-state index contributed by atoms with van der Waals surface area (Å²) < 4.78 is 26.8. The van der Waals surface area contributed by atoms with Crippen LogP contribution in [0.15, 0.2) is 41.3 Å². The Kier molecular flexibility index (Phi) is 6.93. The van der Waals surface area contributed by atoms with Crippen molar-refractivity contribution < 1.29 is 18.0 Å². The third kappa shape index (κ3) is 5.15. The Hall–Kier alpha value is -2.19. The number of rotatable bonds is 6. The summed E-state index contributed by atoms with van der Waals surface area (Å²) in [6.07, 6.45) is 4.59. The average molecular weight is 379 g/mol. The van der Waals surface area contributed by atoms with E-state index in [-0.39, 0.29) is 23.3 Å². The molecule has 1 aromatic rings. The van der Waals surface area contributed by atoms with Crippen LogP contribution < -0.4 is 10.6 Å². The molecule has 1 aromatic carbocycles. The van der Waals surface area contributed by atoms with Gasteiger partial charge in [-0.2, -0.15) is 4.31 Å². The van der Waals surface area contributed by atoms with Crippen molar-refractivity contribution in [1.82, 2.24) is 14.9 Å². The minimum absolute atomic E-state index is 0.197. The molecule has 2 amide bonds. The van der Waals surface area contributed by atoms with Crippen molar-refractivity contribution in [3.05, 3.63) is 42.0 Å². The summed E-state index contributed by atoms with van der Waals surface area (Å²) in [4.78, 5) is 23.3. The van der Waals surface area contributed by atoms with Crippen LogP contribution >= 0.6 is 0 Å². The van der Waals surface area contributed by atoms with Gasteiger partial charge in [-0.25, -0.2) is 8.42 Å². The van der Waals surface area contributed by atoms with E-state index < -0.39 is 10.0 Å². The first kappa shape index (κ1) is 20.1. The Morgan fingerprint density at radius 1 is 1.19 bits per heavy atom. The van der Waals surface area contributed by atoms with Crippen LogP contribution in [0.2, 0.25) is 0 Å². The van der Waals surface area contributed by atoms with Gasteiger partial charge in [-0.3, -0.25) is 9.59 Å². The molecule has 1 heterocycles. The second kappa shape index (κ2) is 8.95. The highest BCUT2D eigenvalue weighted by atomic mass is 32.2. The first-order valence-electron chi connectivity index (χ1n) is 8.61. The summed E-state index contributed by atoms with van der Waals surface area (Å²) in [7, 11) is -2.00. The van der Waals surface area contributed by atoms with E-state index in [2.05, 4.69) is 17.6 Å².